The van der Waals surface area contributed by atoms with Gasteiger partial charge in [-0.1, -0.05) is 19.8 Å². The van der Waals surface area contributed by atoms with Gasteiger partial charge in [-0.3, -0.25) is 9.78 Å². The second-order valence-corrected chi connectivity index (χ2v) is 6.36. The molecule has 1 unspecified atom stereocenters. The van der Waals surface area contributed by atoms with Crippen LogP contribution in [0.3, 0.4) is 0 Å². The van der Waals surface area contributed by atoms with Gasteiger partial charge in [-0.05, 0) is 25.0 Å². The molecule has 0 saturated carbocycles. The Hall–Kier alpha value is -2.76. The van der Waals surface area contributed by atoms with E-state index in [9.17, 15) is 9.90 Å². The van der Waals surface area contributed by atoms with Gasteiger partial charge in [-0.15, -0.1) is 0 Å². The topological polar surface area (TPSA) is 80.7 Å². The summed E-state index contributed by atoms with van der Waals surface area (Å²) in [5, 5.41) is 13.4. The molecule has 3 heterocycles. The fourth-order valence-electron chi connectivity index (χ4n) is 3.50. The fraction of sp³-hybridized carbons (Fsp3) is 0.368. The Labute approximate surface area is 145 Å². The van der Waals surface area contributed by atoms with Gasteiger partial charge in [0.1, 0.15) is 5.75 Å². The second kappa shape index (κ2) is 6.27. The van der Waals surface area contributed by atoms with Crippen molar-refractivity contribution in [3.05, 3.63) is 41.2 Å². The SMILES string of the molecule is CCCCCc1nccc2c1C(c1cc3c(cc1O)OCO3)C(=O)N2. The maximum absolute atomic E-state index is 12.6. The van der Waals surface area contributed by atoms with Crippen LogP contribution in [-0.2, 0) is 11.2 Å². The first kappa shape index (κ1) is 15.7. The van der Waals surface area contributed by atoms with Crippen LogP contribution in [0.2, 0.25) is 0 Å². The monoisotopic (exact) mass is 340 g/mol. The molecule has 130 valence electrons. The van der Waals surface area contributed by atoms with Gasteiger partial charge in [0.25, 0.3) is 0 Å². The maximum Gasteiger partial charge on any atom is 0.236 e. The van der Waals surface area contributed by atoms with Gasteiger partial charge in [0.2, 0.25) is 12.7 Å². The molecule has 2 N–H and O–H groups in total. The zero-order valence-corrected chi connectivity index (χ0v) is 14.0. The summed E-state index contributed by atoms with van der Waals surface area (Å²) in [5.41, 5.74) is 3.06. The number of nitrogens with one attached hydrogen (secondary N) is 1. The number of pyridine rings is 1. The Bertz CT molecular complexity index is 834. The summed E-state index contributed by atoms with van der Waals surface area (Å²) in [6.07, 6.45) is 5.80. The van der Waals surface area contributed by atoms with Crippen molar-refractivity contribution >= 4 is 11.6 Å². The number of benzene rings is 1. The van der Waals surface area contributed by atoms with E-state index in [0.717, 1.165) is 42.6 Å². The van der Waals surface area contributed by atoms with E-state index in [-0.39, 0.29) is 18.4 Å². The lowest BCUT2D eigenvalue weighted by Crippen LogP contribution is -2.14. The normalized spacial score (nSPS) is 17.5. The zero-order chi connectivity index (χ0) is 17.4. The van der Waals surface area contributed by atoms with Crippen LogP contribution in [0.5, 0.6) is 17.2 Å². The molecule has 25 heavy (non-hydrogen) atoms. The molecular weight excluding hydrogens is 320 g/mol. The first-order chi connectivity index (χ1) is 12.2. The van der Waals surface area contributed by atoms with Gasteiger partial charge >= 0.3 is 0 Å². The molecule has 2 aromatic rings. The number of aromatic nitrogens is 1. The number of rotatable bonds is 5. The third kappa shape index (κ3) is 2.67. The Kier molecular flexibility index (Phi) is 3.95. The van der Waals surface area contributed by atoms with E-state index in [4.69, 9.17) is 9.47 Å². The van der Waals surface area contributed by atoms with E-state index < -0.39 is 5.92 Å². The fourth-order valence-corrected chi connectivity index (χ4v) is 3.50. The van der Waals surface area contributed by atoms with Gasteiger partial charge < -0.3 is 19.9 Å². The lowest BCUT2D eigenvalue weighted by atomic mass is 9.89. The van der Waals surface area contributed by atoms with Crippen molar-refractivity contribution in [3.8, 4) is 17.2 Å². The molecule has 0 saturated heterocycles. The highest BCUT2D eigenvalue weighted by atomic mass is 16.7. The molecule has 1 amide bonds. The largest absolute Gasteiger partial charge is 0.507 e. The van der Waals surface area contributed by atoms with Crippen molar-refractivity contribution in [2.75, 3.05) is 12.1 Å². The number of hydrogen-bond donors (Lipinski definition) is 2. The summed E-state index contributed by atoms with van der Waals surface area (Å²) in [5.74, 6) is 0.323. The van der Waals surface area contributed by atoms with Gasteiger partial charge in [0.15, 0.2) is 11.5 Å². The Morgan fingerprint density at radius 3 is 2.88 bits per heavy atom. The number of carbonyl (C=O) groups excluding carboxylic acids is 1. The quantitative estimate of drug-likeness (QED) is 0.816. The minimum Gasteiger partial charge on any atom is -0.507 e. The van der Waals surface area contributed by atoms with Gasteiger partial charge in [-0.25, -0.2) is 0 Å². The third-order valence-corrected chi connectivity index (χ3v) is 4.73. The molecule has 0 bridgehead atoms. The summed E-state index contributed by atoms with van der Waals surface area (Å²) in [4.78, 5) is 17.1. The van der Waals surface area contributed by atoms with Gasteiger partial charge in [0.05, 0.1) is 5.92 Å². The molecule has 1 aromatic carbocycles. The van der Waals surface area contributed by atoms with Crippen molar-refractivity contribution in [2.24, 2.45) is 0 Å². The van der Waals surface area contributed by atoms with E-state index in [1.807, 2.05) is 0 Å². The highest BCUT2D eigenvalue weighted by molar-refractivity contribution is 6.05. The van der Waals surface area contributed by atoms with Crippen LogP contribution in [0.15, 0.2) is 24.4 Å². The predicted molar refractivity (Wildman–Crippen MR) is 92.2 cm³/mol. The highest BCUT2D eigenvalue weighted by Crippen LogP contribution is 2.46. The molecule has 1 atom stereocenters. The van der Waals surface area contributed by atoms with Gasteiger partial charge in [-0.2, -0.15) is 0 Å². The number of phenolic OH excluding ortho intramolecular Hbond substituents is 1. The van der Waals surface area contributed by atoms with Crippen molar-refractivity contribution in [3.63, 3.8) is 0 Å². The molecule has 4 rings (SSSR count). The van der Waals surface area contributed by atoms with E-state index >= 15 is 0 Å². The molecule has 2 aliphatic rings. The summed E-state index contributed by atoms with van der Waals surface area (Å²) >= 11 is 0. The van der Waals surface area contributed by atoms with Crippen LogP contribution in [0.1, 0.15) is 48.9 Å². The summed E-state index contributed by atoms with van der Waals surface area (Å²) in [6, 6.07) is 5.01. The molecular formula is C19H20N2O4. The number of phenols is 1. The number of amides is 1. The lowest BCUT2D eigenvalue weighted by molar-refractivity contribution is -0.116. The number of hydrogen-bond acceptors (Lipinski definition) is 5. The Balaban J connectivity index is 1.77. The van der Waals surface area contributed by atoms with E-state index in [2.05, 4.69) is 17.2 Å². The van der Waals surface area contributed by atoms with Crippen molar-refractivity contribution in [1.29, 1.82) is 0 Å². The lowest BCUT2D eigenvalue weighted by Gasteiger charge is -2.15. The molecule has 6 heteroatoms. The number of nitrogens with zero attached hydrogens (tertiary/aromatic N) is 1. The second-order valence-electron chi connectivity index (χ2n) is 6.36. The zero-order valence-electron chi connectivity index (χ0n) is 14.0. The number of aromatic hydroxyl groups is 1. The molecule has 2 aliphatic heterocycles. The van der Waals surface area contributed by atoms with Crippen molar-refractivity contribution in [2.45, 2.75) is 38.5 Å². The van der Waals surface area contributed by atoms with E-state index in [1.165, 1.54) is 6.07 Å². The number of fused-ring (bicyclic) bond motifs is 2. The standard InChI is InChI=1S/C19H20N2O4/c1-2-3-4-5-12-18-13(6-7-20-12)21-19(23)17(18)11-8-15-16(9-14(11)22)25-10-24-15/h6-9,17,22H,2-5,10H2,1H3,(H,21,23). The Morgan fingerprint density at radius 2 is 2.08 bits per heavy atom. The third-order valence-electron chi connectivity index (χ3n) is 4.73. The first-order valence-corrected chi connectivity index (χ1v) is 8.60. The molecule has 0 aliphatic carbocycles. The number of carbonyl (C=O) groups is 1. The van der Waals surface area contributed by atoms with Crippen LogP contribution in [0, 0.1) is 0 Å². The molecule has 0 spiro atoms. The van der Waals surface area contributed by atoms with Crippen molar-refractivity contribution in [1.82, 2.24) is 4.98 Å². The van der Waals surface area contributed by atoms with E-state index in [0.29, 0.717) is 17.1 Å². The van der Waals surface area contributed by atoms with Crippen LogP contribution >= 0.6 is 0 Å². The smallest absolute Gasteiger partial charge is 0.236 e. The number of ether oxygens (including phenoxy) is 2. The number of unbranched alkanes of at least 4 members (excludes halogenated alkanes) is 2. The van der Waals surface area contributed by atoms with Crippen LogP contribution in [-0.4, -0.2) is 22.8 Å². The average Bonchev–Trinajstić information content (AvgIpc) is 3.17. The predicted octanol–water partition coefficient (Wildman–Crippen LogP) is 3.33. The van der Waals surface area contributed by atoms with Crippen LogP contribution < -0.4 is 14.8 Å². The minimum absolute atomic E-state index is 0.0283. The molecule has 1 aromatic heterocycles. The summed E-state index contributed by atoms with van der Waals surface area (Å²) < 4.78 is 10.7. The minimum atomic E-state index is -0.588. The summed E-state index contributed by atoms with van der Waals surface area (Å²) in [7, 11) is 0. The number of aryl methyl sites for hydroxylation is 1. The molecule has 6 nitrogen and oxygen atoms in total. The Morgan fingerprint density at radius 1 is 1.28 bits per heavy atom. The van der Waals surface area contributed by atoms with E-state index in [1.54, 1.807) is 18.3 Å². The molecule has 0 radical (unpaired) electrons. The van der Waals surface area contributed by atoms with Gasteiger partial charge in [0, 0.05) is 34.8 Å². The van der Waals surface area contributed by atoms with Crippen LogP contribution in [0.4, 0.5) is 5.69 Å². The summed E-state index contributed by atoms with van der Waals surface area (Å²) in [6.45, 7) is 2.27. The first-order valence-electron chi connectivity index (χ1n) is 8.60. The van der Waals surface area contributed by atoms with Crippen molar-refractivity contribution < 1.29 is 19.4 Å². The average molecular weight is 340 g/mol. The van der Waals surface area contributed by atoms with Crippen LogP contribution in [0.25, 0.3) is 0 Å². The molecule has 0 fully saturated rings. The highest BCUT2D eigenvalue weighted by Gasteiger charge is 2.37. The maximum atomic E-state index is 12.6. The number of anilines is 1.